The van der Waals surface area contributed by atoms with E-state index >= 15 is 0 Å². The molecule has 0 aliphatic heterocycles. The van der Waals surface area contributed by atoms with Crippen LogP contribution in [0.3, 0.4) is 0 Å². The summed E-state index contributed by atoms with van der Waals surface area (Å²) in [5.41, 5.74) is 0. The number of rotatable bonds is 36. The number of phosphoric ester groups is 1. The van der Waals surface area contributed by atoms with Gasteiger partial charge in [0.15, 0.2) is 0 Å². The number of carbonyl (C=O) groups excluding carboxylic acids is 1. The van der Waals surface area contributed by atoms with E-state index in [9.17, 15) is 19.4 Å². The maximum atomic E-state index is 12.7. The third-order valence-corrected chi connectivity index (χ3v) is 9.64. The van der Waals surface area contributed by atoms with E-state index in [4.69, 9.17) is 9.05 Å². The van der Waals surface area contributed by atoms with Crippen LogP contribution >= 0.6 is 7.82 Å². The molecule has 8 nitrogen and oxygen atoms in total. The number of hydrogen-bond donors (Lipinski definition) is 2. The molecule has 9 heteroatoms. The third kappa shape index (κ3) is 38.0. The molecule has 0 heterocycles. The van der Waals surface area contributed by atoms with Crippen LogP contribution in [0.4, 0.5) is 0 Å². The van der Waals surface area contributed by atoms with Crippen LogP contribution < -0.4 is 10.2 Å². The van der Waals surface area contributed by atoms with Gasteiger partial charge >= 0.3 is 0 Å². The molecule has 0 rings (SSSR count). The quantitative estimate of drug-likeness (QED) is 0.0285. The van der Waals surface area contributed by atoms with Gasteiger partial charge in [-0.1, -0.05) is 157 Å². The zero-order valence-corrected chi connectivity index (χ0v) is 35.3. The summed E-state index contributed by atoms with van der Waals surface area (Å²) in [6.45, 7) is 4.34. The maximum absolute atomic E-state index is 12.7. The molecule has 306 valence electrons. The van der Waals surface area contributed by atoms with Gasteiger partial charge in [-0.3, -0.25) is 9.36 Å². The summed E-state index contributed by atoms with van der Waals surface area (Å²) in [7, 11) is 1.24. The highest BCUT2D eigenvalue weighted by Gasteiger charge is 2.23. The van der Waals surface area contributed by atoms with Crippen LogP contribution in [0.5, 0.6) is 0 Å². The Bertz CT molecular complexity index is 1090. The van der Waals surface area contributed by atoms with E-state index in [1.165, 1.54) is 57.8 Å². The number of phosphoric acid groups is 1. The number of nitrogens with zero attached hydrogens (tertiary/aromatic N) is 1. The van der Waals surface area contributed by atoms with Crippen LogP contribution in [0.2, 0.25) is 0 Å². The van der Waals surface area contributed by atoms with Crippen molar-refractivity contribution >= 4 is 13.7 Å². The Morgan fingerprint density at radius 1 is 0.679 bits per heavy atom. The number of unbranched alkanes of at least 4 members (excludes halogenated alkanes) is 13. The second-order valence-corrected chi connectivity index (χ2v) is 16.4. The van der Waals surface area contributed by atoms with Gasteiger partial charge in [-0.2, -0.15) is 0 Å². The minimum absolute atomic E-state index is 0.00619. The Morgan fingerprint density at radius 3 is 1.66 bits per heavy atom. The van der Waals surface area contributed by atoms with E-state index in [1.54, 1.807) is 6.08 Å². The molecule has 0 bridgehead atoms. The van der Waals surface area contributed by atoms with E-state index < -0.39 is 20.0 Å². The fourth-order valence-corrected chi connectivity index (χ4v) is 6.06. The van der Waals surface area contributed by atoms with Gasteiger partial charge in [-0.25, -0.2) is 0 Å². The molecule has 0 spiro atoms. The topological polar surface area (TPSA) is 108 Å². The van der Waals surface area contributed by atoms with E-state index in [2.05, 4.69) is 79.9 Å². The fourth-order valence-electron chi connectivity index (χ4n) is 5.34. The zero-order valence-electron chi connectivity index (χ0n) is 34.4. The first-order valence-corrected chi connectivity index (χ1v) is 22.3. The van der Waals surface area contributed by atoms with Crippen molar-refractivity contribution in [3.63, 3.8) is 0 Å². The van der Waals surface area contributed by atoms with Gasteiger partial charge in [0.25, 0.3) is 7.82 Å². The second kappa shape index (κ2) is 35.6. The second-order valence-electron chi connectivity index (χ2n) is 15.0. The molecule has 0 fully saturated rings. The largest absolute Gasteiger partial charge is 0.756 e. The number of amides is 1. The van der Waals surface area contributed by atoms with E-state index in [0.29, 0.717) is 17.4 Å². The van der Waals surface area contributed by atoms with Crippen LogP contribution in [-0.4, -0.2) is 68.5 Å². The fraction of sp³-hybridized carbons (Fsp3) is 0.705. The van der Waals surface area contributed by atoms with Gasteiger partial charge < -0.3 is 28.8 Å². The first-order chi connectivity index (χ1) is 25.5. The minimum Gasteiger partial charge on any atom is -0.756 e. The lowest BCUT2D eigenvalue weighted by Crippen LogP contribution is -2.45. The SMILES string of the molecule is CC/C=C\C/C=C\C/C=C\C/C=C\C/C=C\CCCCCCCCCCCCCC(=O)NC(COP(=O)([O-])OCC[N+](C)(C)C)C(O)/C=C/CCCC. The number of aliphatic hydroxyl groups excluding tert-OH is 1. The molecule has 0 aromatic carbocycles. The average Bonchev–Trinajstić information content (AvgIpc) is 3.10. The Kier molecular flexibility index (Phi) is 34.2. The molecule has 3 unspecified atom stereocenters. The molecule has 0 saturated carbocycles. The van der Waals surface area contributed by atoms with Gasteiger partial charge in [0, 0.05) is 6.42 Å². The highest BCUT2D eigenvalue weighted by atomic mass is 31.2. The lowest BCUT2D eigenvalue weighted by molar-refractivity contribution is -0.870. The smallest absolute Gasteiger partial charge is 0.268 e. The molecule has 1 amide bonds. The predicted octanol–water partition coefficient (Wildman–Crippen LogP) is 10.6. The molecule has 0 saturated heterocycles. The van der Waals surface area contributed by atoms with Gasteiger partial charge in [0.2, 0.25) is 5.91 Å². The van der Waals surface area contributed by atoms with Crippen molar-refractivity contribution in [2.75, 3.05) is 40.9 Å². The summed E-state index contributed by atoms with van der Waals surface area (Å²) in [5.74, 6) is -0.215. The molecule has 0 aromatic heterocycles. The van der Waals surface area contributed by atoms with Crippen molar-refractivity contribution < 1.29 is 32.9 Å². The normalized spacial score (nSPS) is 15.2. The summed E-state index contributed by atoms with van der Waals surface area (Å²) in [6.07, 6.45) is 47.3. The number of carbonyl (C=O) groups is 1. The van der Waals surface area contributed by atoms with E-state index in [-0.39, 0.29) is 19.1 Å². The van der Waals surface area contributed by atoms with Gasteiger partial charge in [0.1, 0.15) is 13.2 Å². The Labute approximate surface area is 325 Å². The molecule has 2 N–H and O–H groups in total. The summed E-state index contributed by atoms with van der Waals surface area (Å²) < 4.78 is 22.9. The van der Waals surface area contributed by atoms with Crippen molar-refractivity contribution in [3.8, 4) is 0 Å². The van der Waals surface area contributed by atoms with Gasteiger partial charge in [-0.05, 0) is 57.8 Å². The lowest BCUT2D eigenvalue weighted by Gasteiger charge is -2.29. The summed E-state index contributed by atoms with van der Waals surface area (Å²) in [5, 5.41) is 13.5. The molecular formula is C44H79N2O6P. The lowest BCUT2D eigenvalue weighted by atomic mass is 10.0. The van der Waals surface area contributed by atoms with Crippen molar-refractivity contribution in [3.05, 3.63) is 72.9 Å². The Balaban J connectivity index is 4.00. The molecular weight excluding hydrogens is 683 g/mol. The Morgan fingerprint density at radius 2 is 1.15 bits per heavy atom. The third-order valence-electron chi connectivity index (χ3n) is 8.67. The highest BCUT2D eigenvalue weighted by Crippen LogP contribution is 2.38. The monoisotopic (exact) mass is 763 g/mol. The van der Waals surface area contributed by atoms with Crippen LogP contribution in [-0.2, 0) is 18.4 Å². The number of hydrogen-bond acceptors (Lipinski definition) is 6. The molecule has 0 radical (unpaired) electrons. The van der Waals surface area contributed by atoms with Crippen LogP contribution in [0, 0.1) is 0 Å². The number of aliphatic hydroxyl groups is 1. The predicted molar refractivity (Wildman–Crippen MR) is 223 cm³/mol. The summed E-state index contributed by atoms with van der Waals surface area (Å²) >= 11 is 0. The van der Waals surface area contributed by atoms with Crippen LogP contribution in [0.25, 0.3) is 0 Å². The molecule has 0 aliphatic rings. The number of quaternary nitrogens is 1. The number of allylic oxidation sites excluding steroid dienone is 11. The summed E-state index contributed by atoms with van der Waals surface area (Å²) in [6, 6.07) is -0.886. The molecule has 53 heavy (non-hydrogen) atoms. The van der Waals surface area contributed by atoms with Crippen LogP contribution in [0.1, 0.15) is 149 Å². The molecule has 0 aromatic rings. The van der Waals surface area contributed by atoms with Crippen molar-refractivity contribution in [1.82, 2.24) is 5.32 Å². The van der Waals surface area contributed by atoms with Crippen molar-refractivity contribution in [1.29, 1.82) is 0 Å². The first kappa shape index (κ1) is 50.9. The van der Waals surface area contributed by atoms with E-state index in [0.717, 1.165) is 70.6 Å². The van der Waals surface area contributed by atoms with Crippen LogP contribution in [0.15, 0.2) is 72.9 Å². The van der Waals surface area contributed by atoms with Crippen molar-refractivity contribution in [2.45, 2.75) is 161 Å². The summed E-state index contributed by atoms with van der Waals surface area (Å²) in [4.78, 5) is 25.0. The van der Waals surface area contributed by atoms with Gasteiger partial charge in [0.05, 0.1) is 39.9 Å². The van der Waals surface area contributed by atoms with E-state index in [1.807, 2.05) is 27.2 Å². The minimum atomic E-state index is -4.57. The molecule has 3 atom stereocenters. The van der Waals surface area contributed by atoms with Crippen molar-refractivity contribution in [2.24, 2.45) is 0 Å². The number of nitrogens with one attached hydrogen (secondary N) is 1. The average molecular weight is 763 g/mol. The standard InChI is InChI=1S/C44H79N2O6P/c1-6-8-10-12-13-14-15-16-17-18-19-20-21-22-23-24-25-26-27-28-29-30-31-32-33-34-36-38-44(48)45-42(43(47)37-35-11-9-7-2)41-52-53(49,50)51-40-39-46(3,4)5/h8,10,13-14,16-17,19-20,22-23,35,37,42-43,47H,6-7,9,11-12,15,18,21,24-34,36,38-41H2,1-5H3,(H-,45,48,49,50)/b10-8-,14-13-,17-16-,20-19-,23-22-,37-35+. The number of likely N-dealkylation sites (N-methyl/N-ethyl adjacent to an activating group) is 1. The zero-order chi connectivity index (χ0) is 39.3. The first-order valence-electron chi connectivity index (χ1n) is 20.8. The maximum Gasteiger partial charge on any atom is 0.268 e. The Hall–Kier alpha value is -2.06. The molecule has 0 aliphatic carbocycles. The van der Waals surface area contributed by atoms with Gasteiger partial charge in [-0.15, -0.1) is 0 Å². The highest BCUT2D eigenvalue weighted by molar-refractivity contribution is 7.45.